The number of hydrogen-bond acceptors (Lipinski definition) is 27. The second kappa shape index (κ2) is 24.0. The van der Waals surface area contributed by atoms with Gasteiger partial charge >= 0.3 is 0 Å². The number of phenolic OH excluding ortho intramolecular Hbond substituents is 2. The van der Waals surface area contributed by atoms with Gasteiger partial charge in [-0.1, -0.05) is 27.2 Å². The van der Waals surface area contributed by atoms with E-state index < -0.39 is 41.5 Å². The number of nitrogens with zero attached hydrogens (tertiary/aromatic N) is 9. The molecule has 0 unspecified atom stereocenters. The van der Waals surface area contributed by atoms with Crippen molar-refractivity contribution in [1.29, 1.82) is 0 Å². The Balaban J connectivity index is 0.00000803. The van der Waals surface area contributed by atoms with E-state index in [-0.39, 0.29) is 77.7 Å². The molecule has 0 aliphatic heterocycles. The van der Waals surface area contributed by atoms with Crippen LogP contribution in [-0.4, -0.2) is 74.0 Å². The molecular formula is C45H33CuN9O18S5. The molecule has 0 aliphatic carbocycles. The number of aromatic nitrogens is 3. The maximum absolute atomic E-state index is 12.2. The first kappa shape index (κ1) is 57.3. The normalized spacial score (nSPS) is 12.4. The van der Waals surface area contributed by atoms with E-state index in [1.807, 2.05) is 6.92 Å². The van der Waals surface area contributed by atoms with E-state index in [0.717, 1.165) is 40.3 Å². The third-order valence-corrected chi connectivity index (χ3v) is 14.7. The molecule has 9 rings (SSSR count). The Kier molecular flexibility index (Phi) is 17.7. The molecule has 0 fully saturated rings. The summed E-state index contributed by atoms with van der Waals surface area (Å²) in [7, 11) is -8.55. The molecule has 7 N–H and O–H groups in total. The van der Waals surface area contributed by atoms with E-state index in [9.17, 15) is 36.2 Å². The molecule has 1 aromatic heterocycles. The first-order valence-corrected chi connectivity index (χ1v) is 26.4. The zero-order valence-corrected chi connectivity index (χ0v) is 44.3. The predicted octanol–water partition coefficient (Wildman–Crippen LogP) is 12.9. The molecule has 0 aliphatic rings. The summed E-state index contributed by atoms with van der Waals surface area (Å²) in [6, 6.07) is 25.0. The van der Waals surface area contributed by atoms with Crippen molar-refractivity contribution in [2.24, 2.45) is 30.7 Å². The van der Waals surface area contributed by atoms with Gasteiger partial charge in [0.25, 0.3) is 20.2 Å². The molecule has 1 heterocycles. The van der Waals surface area contributed by atoms with Crippen molar-refractivity contribution in [3.63, 3.8) is 0 Å². The van der Waals surface area contributed by atoms with Crippen molar-refractivity contribution in [3.8, 4) is 22.9 Å². The number of aromatic hydroxyl groups is 2. The topological polar surface area (TPSA) is 379 Å². The molecule has 0 spiro atoms. The van der Waals surface area contributed by atoms with Crippen molar-refractivity contribution in [2.45, 2.75) is 38.3 Å². The number of ether oxygens (including phenoxy) is 1. The molecule has 0 atom stereocenters. The van der Waals surface area contributed by atoms with Gasteiger partial charge in [-0.25, -0.2) is 15.8 Å². The van der Waals surface area contributed by atoms with Crippen LogP contribution in [0.25, 0.3) is 49.0 Å². The maximum atomic E-state index is 12.2. The summed E-state index contributed by atoms with van der Waals surface area (Å²) in [6.07, 6.45) is 0. The zero-order chi connectivity index (χ0) is 54.8. The van der Waals surface area contributed by atoms with Crippen LogP contribution in [0.1, 0.15) is 11.1 Å². The van der Waals surface area contributed by atoms with Crippen molar-refractivity contribution in [3.05, 3.63) is 114 Å². The standard InChI is InChI=1S/C45H33N9O18S5.Cu/c1-21-11-35(22(2)10-34(21)47-46-25-4-6-29-23(12-25)14-27(73-70-67-57)16-40(29)74-71-68-58)48-50-37-19-38(55)36(20-39(37)66-3)49-51-44-41(75-72-69-59)15-24-13-26(5-7-30(24)45(44)56)54-52-33-9-8-31-32(43(33)53-54)17-28(76(60,61)62)18-42(31)77(63,64)65;/h4-20,55-59H,1-3H3,(H,60,61,62)(H,63,64,65);. The minimum Gasteiger partial charge on any atom is -0.506 e. The summed E-state index contributed by atoms with van der Waals surface area (Å²) >= 11 is 1.90. The molecule has 78 heavy (non-hydrogen) atoms. The Hall–Kier alpha value is -6.83. The Labute approximate surface area is 461 Å². The second-order valence-corrected chi connectivity index (χ2v) is 21.0. The Morgan fingerprint density at radius 2 is 1.19 bits per heavy atom. The maximum Gasteiger partial charge on any atom is 0.295 e. The summed E-state index contributed by atoms with van der Waals surface area (Å²) in [5.74, 6) is -0.713. The number of methoxy groups -OCH3 is 1. The monoisotopic (exact) mass is 1210 g/mol. The molecule has 407 valence electrons. The number of fused-ring (bicyclic) bond motifs is 5. The van der Waals surface area contributed by atoms with Crippen molar-refractivity contribution < 1.29 is 102 Å². The minimum atomic E-state index is -4.97. The van der Waals surface area contributed by atoms with Crippen molar-refractivity contribution in [1.82, 2.24) is 15.0 Å². The number of aryl methyl sites for hydroxylation is 2. The van der Waals surface area contributed by atoms with Crippen LogP contribution in [0, 0.1) is 13.8 Å². The molecule has 0 saturated carbocycles. The predicted molar refractivity (Wildman–Crippen MR) is 274 cm³/mol. The number of azo groups is 3. The Morgan fingerprint density at radius 1 is 0.564 bits per heavy atom. The quantitative estimate of drug-likeness (QED) is 0.00987. The van der Waals surface area contributed by atoms with Gasteiger partial charge in [-0.05, 0) is 120 Å². The third kappa shape index (κ3) is 12.4. The van der Waals surface area contributed by atoms with E-state index in [4.69, 9.17) is 24.8 Å². The average Bonchev–Trinajstić information content (AvgIpc) is 3.88. The zero-order valence-electron chi connectivity index (χ0n) is 39.3. The van der Waals surface area contributed by atoms with Crippen LogP contribution in [0.2, 0.25) is 0 Å². The molecule has 27 nitrogen and oxygen atoms in total. The van der Waals surface area contributed by atoms with E-state index in [1.54, 1.807) is 49.4 Å². The number of phenols is 2. The largest absolute Gasteiger partial charge is 0.506 e. The van der Waals surface area contributed by atoms with Crippen LogP contribution in [0.4, 0.5) is 34.1 Å². The van der Waals surface area contributed by atoms with E-state index in [1.165, 1.54) is 55.6 Å². The van der Waals surface area contributed by atoms with Crippen LogP contribution >= 0.6 is 36.1 Å². The number of rotatable bonds is 19. The summed E-state index contributed by atoms with van der Waals surface area (Å²) in [5.41, 5.74) is 3.12. The molecule has 8 aromatic carbocycles. The number of benzene rings is 8. The van der Waals surface area contributed by atoms with Crippen LogP contribution in [0.15, 0.2) is 158 Å². The molecule has 0 bridgehead atoms. The van der Waals surface area contributed by atoms with Gasteiger partial charge in [-0.3, -0.25) is 9.11 Å². The molecule has 33 heteroatoms. The van der Waals surface area contributed by atoms with E-state index >= 15 is 0 Å². The average molecular weight is 1210 g/mol. The first-order chi connectivity index (χ1) is 36.9. The van der Waals surface area contributed by atoms with Gasteiger partial charge < -0.3 is 14.9 Å². The fraction of sp³-hybridized carbons (Fsp3) is 0.0667. The van der Waals surface area contributed by atoms with Crippen molar-refractivity contribution in [2.75, 3.05) is 7.11 Å². The smallest absolute Gasteiger partial charge is 0.295 e. The first-order valence-electron chi connectivity index (χ1n) is 21.3. The summed E-state index contributed by atoms with van der Waals surface area (Å²) in [4.78, 5) is 0.641. The summed E-state index contributed by atoms with van der Waals surface area (Å²) < 4.78 is 87.7. The molecule has 9 aromatic rings. The van der Waals surface area contributed by atoms with Gasteiger partial charge in [0.15, 0.2) is 5.75 Å². The number of hydrogen-bond donors (Lipinski definition) is 7. The van der Waals surface area contributed by atoms with Crippen LogP contribution in [0.5, 0.6) is 17.2 Å². The van der Waals surface area contributed by atoms with E-state index in [0.29, 0.717) is 66.9 Å². The fourth-order valence-corrected chi connectivity index (χ4v) is 10.6. The van der Waals surface area contributed by atoms with E-state index in [2.05, 4.69) is 64.7 Å². The van der Waals surface area contributed by atoms with Gasteiger partial charge in [0.05, 0.1) is 75.8 Å². The van der Waals surface area contributed by atoms with Crippen LogP contribution < -0.4 is 4.74 Å². The summed E-state index contributed by atoms with van der Waals surface area (Å²) in [5, 5.41) is 96.8. The Morgan fingerprint density at radius 3 is 1.87 bits per heavy atom. The third-order valence-electron chi connectivity index (χ3n) is 11.2. The van der Waals surface area contributed by atoms with Gasteiger partial charge in [-0.15, -0.1) is 38.5 Å². The Bertz CT molecular complexity index is 4160. The molecular weight excluding hydrogens is 1180 g/mol. The van der Waals surface area contributed by atoms with Crippen molar-refractivity contribution >= 4 is 134 Å². The minimum absolute atomic E-state index is 0. The van der Waals surface area contributed by atoms with Gasteiger partial charge in [-0.2, -0.15) is 37.0 Å². The second-order valence-electron chi connectivity index (χ2n) is 15.9. The van der Waals surface area contributed by atoms with Gasteiger partial charge in [0.1, 0.15) is 44.5 Å². The molecule has 1 radical (unpaired) electrons. The van der Waals surface area contributed by atoms with Crippen LogP contribution in [-0.2, 0) is 65.4 Å². The molecule has 0 amide bonds. The van der Waals surface area contributed by atoms with Gasteiger partial charge in [0, 0.05) is 55.2 Å². The van der Waals surface area contributed by atoms with Crippen LogP contribution in [0.3, 0.4) is 0 Å². The molecule has 0 saturated heterocycles. The summed E-state index contributed by atoms with van der Waals surface area (Å²) in [6.45, 7) is 3.60. The van der Waals surface area contributed by atoms with Gasteiger partial charge in [0.2, 0.25) is 0 Å². The SMILES string of the molecule is COc1cc(N=Nc2c(SOOO)cc3cc(-n4nc5ccc6c(S(=O)(=O)O)cc(S(=O)(=O)O)cc6c5n4)ccc3c2O)c(O)cc1N=Nc1cc(C)c(N=Nc2ccc3c(SOOO)cc(SOOO)cc3c2)cc1C.[Cu]. The fourth-order valence-electron chi connectivity index (χ4n) is 7.68.